The van der Waals surface area contributed by atoms with Crippen molar-refractivity contribution in [2.45, 2.75) is 19.1 Å². The lowest BCUT2D eigenvalue weighted by molar-refractivity contribution is -0.137. The lowest BCUT2D eigenvalue weighted by atomic mass is 10.0. The maximum atomic E-state index is 13.6. The standard InChI is InChI=1S/C26H19F3N2O2/c27-26(28,29)20-11-6-7-17(15-20)16-31-24(32)22(19-9-2-1-3-10-19)23(25(31)33)30-14-13-18-8-4-5-12-21(18)30/h1-12,15H,13-14,16H2. The van der Waals surface area contributed by atoms with E-state index in [1.165, 1.54) is 12.1 Å². The Morgan fingerprint density at radius 2 is 1.55 bits per heavy atom. The van der Waals surface area contributed by atoms with Crippen molar-refractivity contribution >= 4 is 23.1 Å². The Morgan fingerprint density at radius 3 is 2.30 bits per heavy atom. The monoisotopic (exact) mass is 448 g/mol. The Bertz CT molecular complexity index is 1280. The van der Waals surface area contributed by atoms with E-state index in [1.807, 2.05) is 35.2 Å². The van der Waals surface area contributed by atoms with Gasteiger partial charge in [0.2, 0.25) is 0 Å². The highest BCUT2D eigenvalue weighted by atomic mass is 19.4. The molecule has 5 rings (SSSR count). The van der Waals surface area contributed by atoms with Crippen LogP contribution in [0.2, 0.25) is 0 Å². The molecule has 3 aromatic rings. The molecule has 0 radical (unpaired) electrons. The van der Waals surface area contributed by atoms with Crippen LogP contribution in [0.5, 0.6) is 0 Å². The molecule has 0 aromatic heterocycles. The zero-order chi connectivity index (χ0) is 23.2. The van der Waals surface area contributed by atoms with Crippen LogP contribution in [-0.2, 0) is 28.7 Å². The molecule has 7 heteroatoms. The number of rotatable bonds is 4. The highest BCUT2D eigenvalue weighted by Crippen LogP contribution is 2.39. The second kappa shape index (κ2) is 7.92. The van der Waals surface area contributed by atoms with E-state index < -0.39 is 23.6 Å². The second-order valence-corrected chi connectivity index (χ2v) is 8.01. The number of hydrogen-bond acceptors (Lipinski definition) is 3. The predicted molar refractivity (Wildman–Crippen MR) is 118 cm³/mol. The predicted octanol–water partition coefficient (Wildman–Crippen LogP) is 5.05. The molecule has 0 spiro atoms. The van der Waals surface area contributed by atoms with Crippen LogP contribution in [0.3, 0.4) is 0 Å². The van der Waals surface area contributed by atoms with Crippen LogP contribution in [0.25, 0.3) is 5.57 Å². The molecule has 0 saturated heterocycles. The molecule has 0 saturated carbocycles. The summed E-state index contributed by atoms with van der Waals surface area (Å²) >= 11 is 0. The minimum Gasteiger partial charge on any atom is -0.336 e. The van der Waals surface area contributed by atoms with Crippen LogP contribution in [0.1, 0.15) is 22.3 Å². The topological polar surface area (TPSA) is 40.6 Å². The van der Waals surface area contributed by atoms with Crippen molar-refractivity contribution in [3.05, 3.63) is 107 Å². The number of carbonyl (C=O) groups is 2. The van der Waals surface area contributed by atoms with Gasteiger partial charge >= 0.3 is 6.18 Å². The third-order valence-corrected chi connectivity index (χ3v) is 5.96. The Morgan fingerprint density at radius 1 is 0.818 bits per heavy atom. The normalized spacial score (nSPS) is 16.1. The zero-order valence-corrected chi connectivity index (χ0v) is 17.5. The third kappa shape index (κ3) is 3.69. The average Bonchev–Trinajstić information content (AvgIpc) is 3.33. The van der Waals surface area contributed by atoms with Crippen molar-refractivity contribution in [2.24, 2.45) is 0 Å². The molecule has 0 N–H and O–H groups in total. The number of fused-ring (bicyclic) bond motifs is 1. The fraction of sp³-hybridized carbons (Fsp3) is 0.154. The molecule has 2 aliphatic heterocycles. The maximum Gasteiger partial charge on any atom is 0.416 e. The highest BCUT2D eigenvalue weighted by molar-refractivity contribution is 6.36. The van der Waals surface area contributed by atoms with Crippen LogP contribution in [0.4, 0.5) is 18.9 Å². The van der Waals surface area contributed by atoms with E-state index >= 15 is 0 Å². The number of para-hydroxylation sites is 1. The van der Waals surface area contributed by atoms with Gasteiger partial charge in [0, 0.05) is 12.2 Å². The highest BCUT2D eigenvalue weighted by Gasteiger charge is 2.43. The fourth-order valence-electron chi connectivity index (χ4n) is 4.42. The van der Waals surface area contributed by atoms with Crippen molar-refractivity contribution in [3.63, 3.8) is 0 Å². The van der Waals surface area contributed by atoms with Gasteiger partial charge in [-0.25, -0.2) is 0 Å². The Hall–Kier alpha value is -3.87. The summed E-state index contributed by atoms with van der Waals surface area (Å²) in [6, 6.07) is 21.3. The molecule has 0 atom stereocenters. The quantitative estimate of drug-likeness (QED) is 0.525. The summed E-state index contributed by atoms with van der Waals surface area (Å²) in [5.74, 6) is -1.02. The van der Waals surface area contributed by atoms with Crippen molar-refractivity contribution in [1.82, 2.24) is 4.90 Å². The third-order valence-electron chi connectivity index (χ3n) is 5.96. The molecular formula is C26H19F3N2O2. The number of imide groups is 1. The molecule has 4 nitrogen and oxygen atoms in total. The van der Waals surface area contributed by atoms with E-state index in [-0.39, 0.29) is 23.4 Å². The molecule has 0 bridgehead atoms. The van der Waals surface area contributed by atoms with Crippen LogP contribution >= 0.6 is 0 Å². The van der Waals surface area contributed by atoms with Crippen LogP contribution in [0, 0.1) is 0 Å². The molecule has 2 heterocycles. The van der Waals surface area contributed by atoms with Crippen LogP contribution < -0.4 is 4.90 Å². The van der Waals surface area contributed by atoms with Gasteiger partial charge in [-0.3, -0.25) is 14.5 Å². The zero-order valence-electron chi connectivity index (χ0n) is 17.5. The van der Waals surface area contributed by atoms with E-state index in [1.54, 1.807) is 24.3 Å². The number of halogens is 3. The fourth-order valence-corrected chi connectivity index (χ4v) is 4.42. The minimum absolute atomic E-state index is 0.238. The first-order valence-electron chi connectivity index (χ1n) is 10.5. The Kier molecular flexibility index (Phi) is 5.04. The molecule has 0 unspecified atom stereocenters. The number of hydrogen-bond donors (Lipinski definition) is 0. The molecule has 2 aliphatic rings. The van der Waals surface area contributed by atoms with Gasteiger partial charge in [-0.2, -0.15) is 13.2 Å². The number of alkyl halides is 3. The summed E-state index contributed by atoms with van der Waals surface area (Å²) in [6.07, 6.45) is -3.77. The lowest BCUT2D eigenvalue weighted by Gasteiger charge is -2.22. The first-order valence-corrected chi connectivity index (χ1v) is 10.5. The van der Waals surface area contributed by atoms with Gasteiger partial charge in [0.1, 0.15) is 5.70 Å². The summed E-state index contributed by atoms with van der Waals surface area (Å²) in [5.41, 5.74) is 2.50. The first kappa shape index (κ1) is 21.0. The first-order chi connectivity index (χ1) is 15.8. The number of carbonyl (C=O) groups excluding carboxylic acids is 2. The second-order valence-electron chi connectivity index (χ2n) is 8.01. The lowest BCUT2D eigenvalue weighted by Crippen LogP contribution is -2.34. The largest absolute Gasteiger partial charge is 0.416 e. The van der Waals surface area contributed by atoms with Gasteiger partial charge in [0.25, 0.3) is 11.8 Å². The van der Waals surface area contributed by atoms with E-state index in [0.717, 1.165) is 34.7 Å². The summed E-state index contributed by atoms with van der Waals surface area (Å²) < 4.78 is 39.5. The number of benzene rings is 3. The van der Waals surface area contributed by atoms with Crippen molar-refractivity contribution in [1.29, 1.82) is 0 Å². The van der Waals surface area contributed by atoms with E-state index in [9.17, 15) is 22.8 Å². The van der Waals surface area contributed by atoms with Crippen molar-refractivity contribution < 1.29 is 22.8 Å². The summed E-state index contributed by atoms with van der Waals surface area (Å²) in [5, 5.41) is 0. The molecule has 0 aliphatic carbocycles. The summed E-state index contributed by atoms with van der Waals surface area (Å²) in [6.45, 7) is 0.304. The van der Waals surface area contributed by atoms with Gasteiger partial charge in [0.05, 0.1) is 17.7 Å². The number of anilines is 1. The summed E-state index contributed by atoms with van der Waals surface area (Å²) in [4.78, 5) is 29.9. The van der Waals surface area contributed by atoms with E-state index in [0.29, 0.717) is 12.1 Å². The van der Waals surface area contributed by atoms with Crippen LogP contribution in [0.15, 0.2) is 84.6 Å². The smallest absolute Gasteiger partial charge is 0.336 e. The van der Waals surface area contributed by atoms with Crippen molar-refractivity contribution in [3.8, 4) is 0 Å². The van der Waals surface area contributed by atoms with Gasteiger partial charge in [-0.15, -0.1) is 0 Å². The van der Waals surface area contributed by atoms with Crippen molar-refractivity contribution in [2.75, 3.05) is 11.4 Å². The molecule has 2 amide bonds. The molecule has 3 aromatic carbocycles. The Balaban J connectivity index is 1.56. The Labute approximate surface area is 188 Å². The van der Waals surface area contributed by atoms with E-state index in [4.69, 9.17) is 0 Å². The van der Waals surface area contributed by atoms with Gasteiger partial charge < -0.3 is 4.90 Å². The molecule has 0 fully saturated rings. The van der Waals surface area contributed by atoms with Gasteiger partial charge in [-0.1, -0.05) is 60.7 Å². The molecule has 166 valence electrons. The molecular weight excluding hydrogens is 429 g/mol. The van der Waals surface area contributed by atoms with E-state index in [2.05, 4.69) is 0 Å². The summed E-state index contributed by atoms with van der Waals surface area (Å²) in [7, 11) is 0. The minimum atomic E-state index is -4.51. The maximum absolute atomic E-state index is 13.6. The number of nitrogens with zero attached hydrogens (tertiary/aromatic N) is 2. The van der Waals surface area contributed by atoms with Crippen LogP contribution in [-0.4, -0.2) is 23.3 Å². The van der Waals surface area contributed by atoms with Gasteiger partial charge in [0.15, 0.2) is 0 Å². The number of amides is 2. The van der Waals surface area contributed by atoms with Gasteiger partial charge in [-0.05, 0) is 41.3 Å². The SMILES string of the molecule is O=C1C(c2ccccc2)=C(N2CCc3ccccc32)C(=O)N1Cc1cccc(C(F)(F)F)c1. The average molecular weight is 448 g/mol. The molecule has 33 heavy (non-hydrogen) atoms.